The maximum absolute atomic E-state index is 12.8. The van der Waals surface area contributed by atoms with E-state index in [0.29, 0.717) is 18.4 Å². The van der Waals surface area contributed by atoms with Crippen molar-refractivity contribution in [3.8, 4) is 0 Å². The standard InChI is InChI=1S/C16H28N2O3S/c1-11(12-7-8-12)18(13-9-10-13)16(19)17-14-5-3-4-6-15(14)22(2,20)21/h11-15H,3-10H2,1-2H3,(H,17,19)/t11-,14+,15+/m0/s1. The first-order valence-corrected chi connectivity index (χ1v) is 10.6. The summed E-state index contributed by atoms with van der Waals surface area (Å²) in [5.74, 6) is 0.642. The maximum Gasteiger partial charge on any atom is 0.318 e. The lowest BCUT2D eigenvalue weighted by atomic mass is 9.95. The quantitative estimate of drug-likeness (QED) is 0.842. The predicted molar refractivity (Wildman–Crippen MR) is 86.5 cm³/mol. The molecule has 0 aliphatic heterocycles. The summed E-state index contributed by atoms with van der Waals surface area (Å²) >= 11 is 0. The Labute approximate surface area is 133 Å². The number of carbonyl (C=O) groups excluding carboxylic acids is 1. The molecule has 0 radical (unpaired) electrons. The lowest BCUT2D eigenvalue weighted by Gasteiger charge is -2.35. The summed E-state index contributed by atoms with van der Waals surface area (Å²) in [5, 5.41) is 2.65. The van der Waals surface area contributed by atoms with Crippen LogP contribution in [-0.2, 0) is 9.84 Å². The first-order valence-electron chi connectivity index (χ1n) is 8.65. The first kappa shape index (κ1) is 16.1. The van der Waals surface area contributed by atoms with Crippen LogP contribution < -0.4 is 5.32 Å². The Bertz CT molecular complexity index is 526. The van der Waals surface area contributed by atoms with Crippen LogP contribution in [0.3, 0.4) is 0 Å². The zero-order valence-corrected chi connectivity index (χ0v) is 14.4. The van der Waals surface area contributed by atoms with E-state index < -0.39 is 15.1 Å². The largest absolute Gasteiger partial charge is 0.334 e. The second kappa shape index (κ2) is 6.02. The zero-order chi connectivity index (χ0) is 15.9. The van der Waals surface area contributed by atoms with E-state index in [1.54, 1.807) is 0 Å². The SMILES string of the molecule is C[C@@H](C1CC1)N(C(=O)N[C@@H]1CCCC[C@H]1S(C)(=O)=O)C1CC1. The van der Waals surface area contributed by atoms with E-state index in [1.165, 1.54) is 19.1 Å². The van der Waals surface area contributed by atoms with Crippen molar-refractivity contribution >= 4 is 15.9 Å². The van der Waals surface area contributed by atoms with Gasteiger partial charge in [0.2, 0.25) is 0 Å². The van der Waals surface area contributed by atoms with Crippen molar-refractivity contribution in [1.29, 1.82) is 0 Å². The average Bonchev–Trinajstić information content (AvgIpc) is 3.31. The Morgan fingerprint density at radius 1 is 1.09 bits per heavy atom. The molecule has 0 saturated heterocycles. The summed E-state index contributed by atoms with van der Waals surface area (Å²) in [6.45, 7) is 2.14. The molecule has 0 aromatic carbocycles. The summed E-state index contributed by atoms with van der Waals surface area (Å²) < 4.78 is 24.0. The van der Waals surface area contributed by atoms with Crippen molar-refractivity contribution in [3.63, 3.8) is 0 Å². The van der Waals surface area contributed by atoms with Gasteiger partial charge >= 0.3 is 6.03 Å². The summed E-state index contributed by atoms with van der Waals surface area (Å²) in [7, 11) is -3.11. The molecule has 1 N–H and O–H groups in total. The summed E-state index contributed by atoms with van der Waals surface area (Å²) in [6.07, 6.45) is 9.29. The van der Waals surface area contributed by atoms with Gasteiger partial charge in [0.1, 0.15) is 0 Å². The minimum atomic E-state index is -3.11. The van der Waals surface area contributed by atoms with E-state index >= 15 is 0 Å². The number of nitrogens with zero attached hydrogens (tertiary/aromatic N) is 1. The van der Waals surface area contributed by atoms with E-state index in [1.807, 2.05) is 4.90 Å². The Morgan fingerprint density at radius 3 is 2.27 bits per heavy atom. The van der Waals surface area contributed by atoms with Crippen LogP contribution in [0.1, 0.15) is 58.3 Å². The highest BCUT2D eigenvalue weighted by atomic mass is 32.2. The van der Waals surface area contributed by atoms with Gasteiger partial charge in [-0.3, -0.25) is 0 Å². The summed E-state index contributed by atoms with van der Waals surface area (Å²) in [5.41, 5.74) is 0. The highest BCUT2D eigenvalue weighted by Crippen LogP contribution is 2.39. The van der Waals surface area contributed by atoms with Crippen molar-refractivity contribution in [2.75, 3.05) is 6.26 Å². The molecule has 3 atom stereocenters. The topological polar surface area (TPSA) is 66.5 Å². The van der Waals surface area contributed by atoms with Crippen LogP contribution in [0.2, 0.25) is 0 Å². The molecule has 3 rings (SSSR count). The summed E-state index contributed by atoms with van der Waals surface area (Å²) in [4.78, 5) is 14.8. The molecule has 2 amide bonds. The molecule has 0 bridgehead atoms. The van der Waals surface area contributed by atoms with E-state index in [9.17, 15) is 13.2 Å². The van der Waals surface area contributed by atoms with Gasteiger partial charge in [0, 0.05) is 24.4 Å². The maximum atomic E-state index is 12.8. The number of carbonyl (C=O) groups is 1. The number of hydrogen-bond acceptors (Lipinski definition) is 3. The molecule has 126 valence electrons. The molecular weight excluding hydrogens is 300 g/mol. The van der Waals surface area contributed by atoms with Crippen LogP contribution in [0, 0.1) is 5.92 Å². The molecule has 3 fully saturated rings. The van der Waals surface area contributed by atoms with Crippen LogP contribution in [-0.4, -0.2) is 49.0 Å². The first-order chi connectivity index (χ1) is 10.4. The summed E-state index contributed by atoms with van der Waals surface area (Å²) in [6, 6.07) is 0.398. The molecule has 0 heterocycles. The van der Waals surface area contributed by atoms with Gasteiger partial charge < -0.3 is 10.2 Å². The monoisotopic (exact) mass is 328 g/mol. The normalized spacial score (nSPS) is 30.6. The molecule has 0 spiro atoms. The molecular formula is C16H28N2O3S. The second-order valence-electron chi connectivity index (χ2n) is 7.42. The van der Waals surface area contributed by atoms with Gasteiger partial charge in [0.25, 0.3) is 0 Å². The van der Waals surface area contributed by atoms with Crippen LogP contribution >= 0.6 is 0 Å². The van der Waals surface area contributed by atoms with Gasteiger partial charge in [0.05, 0.1) is 5.25 Å². The third-order valence-corrected chi connectivity index (χ3v) is 7.14. The number of rotatable bonds is 5. The Hall–Kier alpha value is -0.780. The number of urea groups is 1. The van der Waals surface area contributed by atoms with Crippen molar-refractivity contribution in [1.82, 2.24) is 10.2 Å². The van der Waals surface area contributed by atoms with E-state index in [-0.39, 0.29) is 18.1 Å². The number of nitrogens with one attached hydrogen (secondary N) is 1. The fourth-order valence-electron chi connectivity index (χ4n) is 3.85. The van der Waals surface area contributed by atoms with Crippen molar-refractivity contribution in [2.24, 2.45) is 5.92 Å². The van der Waals surface area contributed by atoms with E-state index in [2.05, 4.69) is 12.2 Å². The van der Waals surface area contributed by atoms with Crippen molar-refractivity contribution in [3.05, 3.63) is 0 Å². The van der Waals surface area contributed by atoms with Gasteiger partial charge in [-0.15, -0.1) is 0 Å². The molecule has 0 aromatic heterocycles. The third-order valence-electron chi connectivity index (χ3n) is 5.48. The lowest BCUT2D eigenvalue weighted by molar-refractivity contribution is 0.161. The smallest absolute Gasteiger partial charge is 0.318 e. The molecule has 22 heavy (non-hydrogen) atoms. The minimum Gasteiger partial charge on any atom is -0.334 e. The van der Waals surface area contributed by atoms with Gasteiger partial charge in [0.15, 0.2) is 9.84 Å². The predicted octanol–water partition coefficient (Wildman–Crippen LogP) is 2.31. The average molecular weight is 328 g/mol. The molecule has 5 nitrogen and oxygen atoms in total. The number of amides is 2. The second-order valence-corrected chi connectivity index (χ2v) is 9.69. The number of hydrogen-bond donors (Lipinski definition) is 1. The van der Waals surface area contributed by atoms with Crippen LogP contribution in [0.15, 0.2) is 0 Å². The van der Waals surface area contributed by atoms with E-state index in [4.69, 9.17) is 0 Å². The lowest BCUT2D eigenvalue weighted by Crippen LogP contribution is -2.55. The van der Waals surface area contributed by atoms with Gasteiger partial charge in [-0.2, -0.15) is 0 Å². The molecule has 6 heteroatoms. The van der Waals surface area contributed by atoms with Gasteiger partial charge in [-0.1, -0.05) is 12.8 Å². The molecule has 0 unspecified atom stereocenters. The van der Waals surface area contributed by atoms with Crippen LogP contribution in [0.5, 0.6) is 0 Å². The molecule has 3 aliphatic rings. The van der Waals surface area contributed by atoms with Gasteiger partial charge in [-0.25, -0.2) is 13.2 Å². The highest BCUT2D eigenvalue weighted by molar-refractivity contribution is 7.91. The Morgan fingerprint density at radius 2 is 1.73 bits per heavy atom. The zero-order valence-electron chi connectivity index (χ0n) is 13.6. The molecule has 3 aliphatic carbocycles. The minimum absolute atomic E-state index is 0.0394. The Kier molecular flexibility index (Phi) is 4.40. The fourth-order valence-corrected chi connectivity index (χ4v) is 5.25. The molecule has 0 aromatic rings. The van der Waals surface area contributed by atoms with E-state index in [0.717, 1.165) is 32.1 Å². The third kappa shape index (κ3) is 3.58. The van der Waals surface area contributed by atoms with Crippen LogP contribution in [0.4, 0.5) is 4.79 Å². The van der Waals surface area contributed by atoms with Crippen LogP contribution in [0.25, 0.3) is 0 Å². The highest BCUT2D eigenvalue weighted by Gasteiger charge is 2.43. The number of sulfone groups is 1. The van der Waals surface area contributed by atoms with Crippen molar-refractivity contribution in [2.45, 2.75) is 81.7 Å². The van der Waals surface area contributed by atoms with Crippen molar-refractivity contribution < 1.29 is 13.2 Å². The Balaban J connectivity index is 1.68. The van der Waals surface area contributed by atoms with Gasteiger partial charge in [-0.05, 0) is 51.4 Å². The molecule has 3 saturated carbocycles. The fraction of sp³-hybridized carbons (Fsp3) is 0.938.